The van der Waals surface area contributed by atoms with Gasteiger partial charge in [0.2, 0.25) is 5.91 Å². The lowest BCUT2D eigenvalue weighted by Gasteiger charge is -2.17. The number of carbonyl (C=O) groups is 2. The number of amides is 3. The molecule has 1 aliphatic heterocycles. The fourth-order valence-corrected chi connectivity index (χ4v) is 2.72. The van der Waals surface area contributed by atoms with Crippen LogP contribution in [0.25, 0.3) is 0 Å². The number of hydrogen-bond donors (Lipinski definition) is 2. The fourth-order valence-electron chi connectivity index (χ4n) is 2.72. The maximum Gasteiger partial charge on any atom is 0.315 e. The van der Waals surface area contributed by atoms with Crippen molar-refractivity contribution in [3.8, 4) is 6.07 Å². The minimum absolute atomic E-state index is 0.0995. The Morgan fingerprint density at radius 3 is 2.80 bits per heavy atom. The smallest absolute Gasteiger partial charge is 0.315 e. The standard InChI is InChI=1S/C18H18N4O3/c19-10-13-3-5-14(6-4-13)12-22-8-7-16(17(22)23)21-18(24)20-11-15-2-1-9-25-15/h1-6,9,16H,7-8,11-12H2,(H2,20,21,24). The number of rotatable bonds is 5. The molecule has 2 aromatic rings. The van der Waals surface area contributed by atoms with Crippen molar-refractivity contribution >= 4 is 11.9 Å². The lowest BCUT2D eigenvalue weighted by atomic mass is 10.1. The van der Waals surface area contributed by atoms with Gasteiger partial charge in [-0.2, -0.15) is 5.26 Å². The minimum Gasteiger partial charge on any atom is -0.467 e. The van der Waals surface area contributed by atoms with Crippen molar-refractivity contribution in [2.75, 3.05) is 6.54 Å². The third-order valence-electron chi connectivity index (χ3n) is 4.06. The Balaban J connectivity index is 1.49. The van der Waals surface area contributed by atoms with Gasteiger partial charge in [0.1, 0.15) is 11.8 Å². The predicted molar refractivity (Wildman–Crippen MR) is 89.1 cm³/mol. The zero-order valence-corrected chi connectivity index (χ0v) is 13.6. The zero-order chi connectivity index (χ0) is 17.6. The summed E-state index contributed by atoms with van der Waals surface area (Å²) in [5.41, 5.74) is 1.54. The molecule has 1 unspecified atom stereocenters. The van der Waals surface area contributed by atoms with Crippen LogP contribution in [0.2, 0.25) is 0 Å². The Morgan fingerprint density at radius 2 is 2.12 bits per heavy atom. The number of likely N-dealkylation sites (tertiary alicyclic amines) is 1. The molecular weight excluding hydrogens is 320 g/mol. The monoisotopic (exact) mass is 338 g/mol. The highest BCUT2D eigenvalue weighted by molar-refractivity contribution is 5.88. The van der Waals surface area contributed by atoms with E-state index in [4.69, 9.17) is 9.68 Å². The highest BCUT2D eigenvalue weighted by Gasteiger charge is 2.32. The van der Waals surface area contributed by atoms with Gasteiger partial charge in [0.25, 0.3) is 0 Å². The molecule has 7 heteroatoms. The maximum atomic E-state index is 12.4. The van der Waals surface area contributed by atoms with E-state index in [-0.39, 0.29) is 12.5 Å². The maximum absolute atomic E-state index is 12.4. The van der Waals surface area contributed by atoms with Crippen LogP contribution in [0, 0.1) is 11.3 Å². The second kappa shape index (κ2) is 7.53. The lowest BCUT2D eigenvalue weighted by molar-refractivity contribution is -0.129. The number of urea groups is 1. The van der Waals surface area contributed by atoms with Crippen LogP contribution in [-0.4, -0.2) is 29.4 Å². The first-order chi connectivity index (χ1) is 12.2. The van der Waals surface area contributed by atoms with Gasteiger partial charge >= 0.3 is 6.03 Å². The van der Waals surface area contributed by atoms with Gasteiger partial charge in [0.05, 0.1) is 24.4 Å². The van der Waals surface area contributed by atoms with Crippen molar-refractivity contribution in [3.63, 3.8) is 0 Å². The second-order valence-corrected chi connectivity index (χ2v) is 5.82. The normalized spacial score (nSPS) is 16.5. The molecule has 0 saturated carbocycles. The van der Waals surface area contributed by atoms with Gasteiger partial charge in [-0.15, -0.1) is 0 Å². The molecule has 2 N–H and O–H groups in total. The summed E-state index contributed by atoms with van der Waals surface area (Å²) in [6.07, 6.45) is 2.11. The van der Waals surface area contributed by atoms with Gasteiger partial charge in [-0.1, -0.05) is 12.1 Å². The van der Waals surface area contributed by atoms with Crippen molar-refractivity contribution in [1.29, 1.82) is 5.26 Å². The summed E-state index contributed by atoms with van der Waals surface area (Å²) < 4.78 is 5.14. The van der Waals surface area contributed by atoms with Gasteiger partial charge in [-0.25, -0.2) is 4.79 Å². The van der Waals surface area contributed by atoms with Gasteiger partial charge in [0.15, 0.2) is 0 Å². The molecule has 1 fully saturated rings. The molecule has 128 valence electrons. The Hall–Kier alpha value is -3.27. The first kappa shape index (κ1) is 16.6. The summed E-state index contributed by atoms with van der Waals surface area (Å²) in [4.78, 5) is 26.0. The molecule has 2 heterocycles. The van der Waals surface area contributed by atoms with Crippen molar-refractivity contribution in [2.45, 2.75) is 25.6 Å². The molecule has 0 bridgehead atoms. The molecule has 3 amide bonds. The number of nitrogens with one attached hydrogen (secondary N) is 2. The van der Waals surface area contributed by atoms with Crippen LogP contribution in [0.3, 0.4) is 0 Å². The van der Waals surface area contributed by atoms with E-state index in [0.717, 1.165) is 5.56 Å². The third kappa shape index (κ3) is 4.18. The molecule has 3 rings (SSSR count). The van der Waals surface area contributed by atoms with E-state index in [1.54, 1.807) is 29.2 Å². The predicted octanol–water partition coefficient (Wildman–Crippen LogP) is 1.75. The van der Waals surface area contributed by atoms with E-state index in [0.29, 0.717) is 30.8 Å². The van der Waals surface area contributed by atoms with E-state index in [9.17, 15) is 9.59 Å². The summed E-state index contributed by atoms with van der Waals surface area (Å²) in [6, 6.07) is 11.8. The first-order valence-corrected chi connectivity index (χ1v) is 8.00. The molecular formula is C18H18N4O3. The Labute approximate surface area is 145 Å². The molecule has 0 aliphatic carbocycles. The average Bonchev–Trinajstić information content (AvgIpc) is 3.26. The quantitative estimate of drug-likeness (QED) is 0.868. The molecule has 1 saturated heterocycles. The number of hydrogen-bond acceptors (Lipinski definition) is 4. The average molecular weight is 338 g/mol. The van der Waals surface area contributed by atoms with E-state index in [1.165, 1.54) is 6.26 Å². The van der Waals surface area contributed by atoms with Gasteiger partial charge in [-0.05, 0) is 36.2 Å². The summed E-state index contributed by atoms with van der Waals surface area (Å²) >= 11 is 0. The van der Waals surface area contributed by atoms with Crippen LogP contribution in [0.1, 0.15) is 23.3 Å². The van der Waals surface area contributed by atoms with Gasteiger partial charge in [-0.3, -0.25) is 4.79 Å². The van der Waals surface area contributed by atoms with Crippen molar-refractivity contribution in [2.24, 2.45) is 0 Å². The number of nitriles is 1. The molecule has 1 aromatic heterocycles. The van der Waals surface area contributed by atoms with Crippen LogP contribution in [0.5, 0.6) is 0 Å². The van der Waals surface area contributed by atoms with Gasteiger partial charge < -0.3 is 20.0 Å². The summed E-state index contributed by atoms with van der Waals surface area (Å²) in [6.45, 7) is 1.33. The zero-order valence-electron chi connectivity index (χ0n) is 13.6. The Kier molecular flexibility index (Phi) is 5.00. The van der Waals surface area contributed by atoms with Crippen LogP contribution in [0.15, 0.2) is 47.1 Å². The van der Waals surface area contributed by atoms with E-state index < -0.39 is 12.1 Å². The Bertz CT molecular complexity index is 778. The van der Waals surface area contributed by atoms with Crippen LogP contribution in [-0.2, 0) is 17.9 Å². The van der Waals surface area contributed by atoms with Crippen molar-refractivity contribution in [3.05, 3.63) is 59.5 Å². The van der Waals surface area contributed by atoms with E-state index >= 15 is 0 Å². The number of furan rings is 1. The highest BCUT2D eigenvalue weighted by Crippen LogP contribution is 2.15. The topological polar surface area (TPSA) is 98.4 Å². The molecule has 1 aliphatic rings. The molecule has 1 atom stereocenters. The van der Waals surface area contributed by atoms with Crippen LogP contribution in [0.4, 0.5) is 4.79 Å². The summed E-state index contributed by atoms with van der Waals surface area (Å²) in [7, 11) is 0. The van der Waals surface area contributed by atoms with Crippen LogP contribution >= 0.6 is 0 Å². The van der Waals surface area contributed by atoms with Crippen molar-refractivity contribution in [1.82, 2.24) is 15.5 Å². The first-order valence-electron chi connectivity index (χ1n) is 8.00. The summed E-state index contributed by atoms with van der Waals surface area (Å²) in [5.74, 6) is 0.549. The number of nitrogens with zero attached hydrogens (tertiary/aromatic N) is 2. The molecule has 0 radical (unpaired) electrons. The lowest BCUT2D eigenvalue weighted by Crippen LogP contribution is -2.45. The SMILES string of the molecule is N#Cc1ccc(CN2CCC(NC(=O)NCc3ccco3)C2=O)cc1. The highest BCUT2D eigenvalue weighted by atomic mass is 16.3. The van der Waals surface area contributed by atoms with Crippen molar-refractivity contribution < 1.29 is 14.0 Å². The fraction of sp³-hybridized carbons (Fsp3) is 0.278. The molecule has 1 aromatic carbocycles. The largest absolute Gasteiger partial charge is 0.467 e. The Morgan fingerprint density at radius 1 is 1.32 bits per heavy atom. The van der Waals surface area contributed by atoms with Gasteiger partial charge in [0, 0.05) is 13.1 Å². The number of benzene rings is 1. The van der Waals surface area contributed by atoms with E-state index in [1.807, 2.05) is 12.1 Å². The molecule has 25 heavy (non-hydrogen) atoms. The number of carbonyl (C=O) groups excluding carboxylic acids is 2. The molecule has 7 nitrogen and oxygen atoms in total. The van der Waals surface area contributed by atoms with Crippen LogP contribution < -0.4 is 10.6 Å². The molecule has 0 spiro atoms. The third-order valence-corrected chi connectivity index (χ3v) is 4.06. The van der Waals surface area contributed by atoms with E-state index in [2.05, 4.69) is 16.7 Å². The summed E-state index contributed by atoms with van der Waals surface area (Å²) in [5, 5.41) is 14.2. The minimum atomic E-state index is -0.519. The second-order valence-electron chi connectivity index (χ2n) is 5.82.